The maximum absolute atomic E-state index is 11.7. The molecule has 1 saturated carbocycles. The third kappa shape index (κ3) is 12.9. The Kier molecular flexibility index (Phi) is 18.1. The number of sulfonamides is 1. The van der Waals surface area contributed by atoms with Gasteiger partial charge in [-0.25, -0.2) is 18.4 Å². The molecule has 2 aromatic carbocycles. The fraction of sp³-hybridized carbons (Fsp3) is 0.575. The topological polar surface area (TPSA) is 145 Å². The van der Waals surface area contributed by atoms with Crippen molar-refractivity contribution in [3.8, 4) is 5.75 Å². The molecule has 2 aromatic rings. The van der Waals surface area contributed by atoms with Crippen LogP contribution in [-0.2, 0) is 21.9 Å². The smallest absolute Gasteiger partial charge is 0.335 e. The van der Waals surface area contributed by atoms with Crippen LogP contribution in [-0.4, -0.2) is 99.2 Å². The molecule has 10 nitrogen and oxygen atoms in total. The summed E-state index contributed by atoms with van der Waals surface area (Å²) in [5.74, 6) is 0.543. The number of hydrogen-bond acceptors (Lipinski definition) is 8. The molecular formula is C40H60ClIN4O6S. The minimum Gasteiger partial charge on any atom is -0.490 e. The number of hydrogen-bond donors (Lipinski definition) is 4. The lowest BCUT2D eigenvalue weighted by Crippen LogP contribution is -2.49. The van der Waals surface area contributed by atoms with Crippen molar-refractivity contribution in [2.75, 3.05) is 68.5 Å². The van der Waals surface area contributed by atoms with Crippen LogP contribution in [0.2, 0.25) is 5.02 Å². The van der Waals surface area contributed by atoms with Gasteiger partial charge in [-0.2, -0.15) is 0 Å². The number of carboxylic acid groups (broad SMARTS) is 1. The first-order chi connectivity index (χ1) is 25.2. The molecule has 53 heavy (non-hydrogen) atoms. The molecule has 2 heterocycles. The summed E-state index contributed by atoms with van der Waals surface area (Å²) in [7, 11) is -1.17. The van der Waals surface area contributed by atoms with Gasteiger partial charge in [-0.1, -0.05) is 66.3 Å². The number of carboxylic acids is 1. The second kappa shape index (κ2) is 21.2. The Balaban J connectivity index is 0.000000311. The molecule has 6 rings (SSSR count). The van der Waals surface area contributed by atoms with Gasteiger partial charge >= 0.3 is 5.97 Å². The van der Waals surface area contributed by atoms with Crippen LogP contribution in [0.3, 0.4) is 0 Å². The molecule has 5 N–H and O–H groups in total. The summed E-state index contributed by atoms with van der Waals surface area (Å²) < 4.78 is 27.6. The van der Waals surface area contributed by atoms with Gasteiger partial charge in [0, 0.05) is 49.7 Å². The molecular weight excluding hydrogens is 827 g/mol. The Hall–Kier alpha value is -2.20. The van der Waals surface area contributed by atoms with Crippen LogP contribution in [0.4, 0.5) is 5.69 Å². The number of carbonyl (C=O) groups is 1. The highest BCUT2D eigenvalue weighted by atomic mass is 127. The standard InChI is InChI=1S/C27H30ClNO4.C7H15NO2S.C5H12N2.CH3I/c1-2-24(30)21-8-5-19(21)14-29-15-27(11-3-4-17-12-20(28)7-9-22(17)27)16-33-25-10-6-18(26(31)32)13-23(25)29;1-4-6(2)7(3)5-11(8,9)10;1-7-4-2-6-3-5-7;1-2/h2,6-7,9-10,12-13,19,21,24,30H,1,3-5,8,11,14-16H2,(H,31,32);4,6-7H,1,5H2,2-3H3,(H2,8,9,10);6H,2-5H2,1H3;1H3/t19-,21+,24-,27-;6-,7+;;/m00../s1. The molecule has 0 unspecified atom stereocenters. The highest BCUT2D eigenvalue weighted by molar-refractivity contribution is 14.1. The van der Waals surface area contributed by atoms with E-state index in [1.165, 1.54) is 24.2 Å². The molecule has 2 fully saturated rings. The van der Waals surface area contributed by atoms with Crippen molar-refractivity contribution in [2.24, 2.45) is 28.8 Å². The van der Waals surface area contributed by atoms with Gasteiger partial charge in [0.2, 0.25) is 10.0 Å². The summed E-state index contributed by atoms with van der Waals surface area (Å²) in [6.45, 7) is 17.9. The number of alkyl halides is 1. The van der Waals surface area contributed by atoms with Gasteiger partial charge in [0.25, 0.3) is 0 Å². The Bertz CT molecular complexity index is 1620. The van der Waals surface area contributed by atoms with Crippen molar-refractivity contribution < 1.29 is 28.2 Å². The first-order valence-electron chi connectivity index (χ1n) is 18.4. The summed E-state index contributed by atoms with van der Waals surface area (Å²) in [5, 5.41) is 28.9. The van der Waals surface area contributed by atoms with Gasteiger partial charge in [-0.3, -0.25) is 0 Å². The lowest BCUT2D eigenvalue weighted by molar-refractivity contribution is 0.0460. The third-order valence-corrected chi connectivity index (χ3v) is 12.2. The fourth-order valence-corrected chi connectivity index (χ4v) is 8.73. The van der Waals surface area contributed by atoms with Gasteiger partial charge in [0.15, 0.2) is 0 Å². The second-order valence-electron chi connectivity index (χ2n) is 14.8. The highest BCUT2D eigenvalue weighted by Crippen LogP contribution is 2.46. The predicted octanol–water partition coefficient (Wildman–Crippen LogP) is 6.39. The number of aryl methyl sites for hydroxylation is 1. The van der Waals surface area contributed by atoms with Crippen LogP contribution in [0.15, 0.2) is 61.7 Å². The van der Waals surface area contributed by atoms with E-state index in [1.807, 2.05) is 24.8 Å². The van der Waals surface area contributed by atoms with Crippen molar-refractivity contribution in [2.45, 2.75) is 57.5 Å². The number of benzene rings is 2. The van der Waals surface area contributed by atoms with Gasteiger partial charge in [0.05, 0.1) is 29.7 Å². The van der Waals surface area contributed by atoms with Crippen LogP contribution in [0, 0.1) is 23.7 Å². The van der Waals surface area contributed by atoms with Crippen molar-refractivity contribution in [1.29, 1.82) is 0 Å². The number of nitrogens with one attached hydrogen (secondary N) is 1. The Labute approximate surface area is 336 Å². The quantitative estimate of drug-likeness (QED) is 0.128. The number of nitrogens with zero attached hydrogens (tertiary/aromatic N) is 2. The number of ether oxygens (including phenoxy) is 1. The molecule has 2 aliphatic heterocycles. The number of aromatic carboxylic acids is 1. The average Bonchev–Trinajstić information content (AvgIpc) is 3.27. The summed E-state index contributed by atoms with van der Waals surface area (Å²) in [5.41, 5.74) is 3.44. The number of allylic oxidation sites excluding steroid dienone is 1. The van der Waals surface area contributed by atoms with E-state index >= 15 is 0 Å². The molecule has 0 aromatic heterocycles. The zero-order chi connectivity index (χ0) is 39.3. The lowest BCUT2D eigenvalue weighted by atomic mass is 9.68. The monoisotopic (exact) mass is 886 g/mol. The predicted molar refractivity (Wildman–Crippen MR) is 226 cm³/mol. The van der Waals surface area contributed by atoms with E-state index in [9.17, 15) is 23.4 Å². The molecule has 13 heteroatoms. The van der Waals surface area contributed by atoms with Crippen LogP contribution >= 0.6 is 34.2 Å². The Morgan fingerprint density at radius 2 is 1.85 bits per heavy atom. The van der Waals surface area contributed by atoms with Crippen LogP contribution in [0.5, 0.6) is 5.75 Å². The van der Waals surface area contributed by atoms with E-state index < -0.39 is 22.1 Å². The molecule has 296 valence electrons. The third-order valence-electron chi connectivity index (χ3n) is 11.0. The molecule has 1 spiro atoms. The molecule has 0 amide bonds. The first kappa shape index (κ1) is 45.2. The number of aliphatic hydroxyl groups is 1. The van der Waals surface area contributed by atoms with Crippen molar-refractivity contribution >= 4 is 55.9 Å². The van der Waals surface area contributed by atoms with Crippen molar-refractivity contribution in [3.05, 3.63) is 83.4 Å². The lowest BCUT2D eigenvalue weighted by Gasteiger charge is -2.45. The highest BCUT2D eigenvalue weighted by Gasteiger charge is 2.44. The number of rotatable bonds is 9. The van der Waals surface area contributed by atoms with Crippen molar-refractivity contribution in [1.82, 2.24) is 10.2 Å². The fourth-order valence-electron chi connectivity index (χ4n) is 7.50. The number of anilines is 1. The maximum atomic E-state index is 11.7. The Morgan fingerprint density at radius 1 is 1.15 bits per heavy atom. The number of piperazine rings is 1. The largest absolute Gasteiger partial charge is 0.490 e. The Morgan fingerprint density at radius 3 is 2.40 bits per heavy atom. The average molecular weight is 887 g/mol. The van der Waals surface area contributed by atoms with Crippen LogP contribution < -0.4 is 20.1 Å². The van der Waals surface area contributed by atoms with Gasteiger partial charge < -0.3 is 30.1 Å². The number of primary sulfonamides is 1. The minimum absolute atomic E-state index is 0.0280. The summed E-state index contributed by atoms with van der Waals surface area (Å²) in [6, 6.07) is 11.3. The normalized spacial score (nSPS) is 23.8. The zero-order valence-electron chi connectivity index (χ0n) is 31.8. The number of halogens is 2. The van der Waals surface area contributed by atoms with Crippen molar-refractivity contribution in [3.63, 3.8) is 0 Å². The van der Waals surface area contributed by atoms with Crippen LogP contribution in [0.1, 0.15) is 61.0 Å². The van der Waals surface area contributed by atoms with E-state index in [0.29, 0.717) is 12.5 Å². The molecule has 0 radical (unpaired) electrons. The summed E-state index contributed by atoms with van der Waals surface area (Å²) in [6.07, 6.45) is 7.94. The SMILES string of the molecule is C=C[C@H](C)[C@H](C)CS(N)(=O)=O.C=C[C@H](O)[C@@H]1CC[C@H]1CN1C[C@@]2(CCCc3cc(Cl)ccc32)COc2ccc(C(=O)O)cc21.CI.CN1CCNCC1. The van der Waals surface area contributed by atoms with E-state index in [2.05, 4.69) is 70.0 Å². The van der Waals surface area contributed by atoms with Gasteiger partial charge in [-0.15, -0.1) is 13.2 Å². The number of likely N-dealkylation sites (N-methyl/N-ethyl adjacent to an activating group) is 1. The zero-order valence-corrected chi connectivity index (χ0v) is 35.5. The van der Waals surface area contributed by atoms with Crippen LogP contribution in [0.25, 0.3) is 0 Å². The maximum Gasteiger partial charge on any atom is 0.335 e. The molecule has 1 saturated heterocycles. The molecule has 2 aliphatic carbocycles. The van der Waals surface area contributed by atoms with E-state index in [4.69, 9.17) is 21.5 Å². The van der Waals surface area contributed by atoms with Gasteiger partial charge in [0.1, 0.15) is 5.75 Å². The van der Waals surface area contributed by atoms with E-state index in [-0.39, 0.29) is 34.5 Å². The molecule has 0 bridgehead atoms. The van der Waals surface area contributed by atoms with E-state index in [0.717, 1.165) is 74.7 Å². The minimum atomic E-state index is -3.33. The molecule has 6 atom stereocenters. The first-order valence-corrected chi connectivity index (χ1v) is 22.7. The summed E-state index contributed by atoms with van der Waals surface area (Å²) in [4.78, 5) is 18.3. The summed E-state index contributed by atoms with van der Waals surface area (Å²) >= 11 is 8.46. The van der Waals surface area contributed by atoms with Gasteiger partial charge in [-0.05, 0) is 109 Å². The number of aliphatic hydroxyl groups excluding tert-OH is 1. The molecule has 4 aliphatic rings. The second-order valence-corrected chi connectivity index (χ2v) is 16.9. The van der Waals surface area contributed by atoms with E-state index in [1.54, 1.807) is 30.4 Å². The number of nitrogens with two attached hydrogens (primary N) is 1. The number of fused-ring (bicyclic) bond motifs is 3.